The van der Waals surface area contributed by atoms with Gasteiger partial charge < -0.3 is 15.3 Å². The Bertz CT molecular complexity index is 245. The van der Waals surface area contributed by atoms with E-state index in [4.69, 9.17) is 0 Å². The van der Waals surface area contributed by atoms with Gasteiger partial charge in [-0.15, -0.1) is 0 Å². The van der Waals surface area contributed by atoms with Crippen LogP contribution in [0, 0.1) is 5.92 Å². The van der Waals surface area contributed by atoms with Gasteiger partial charge in [-0.3, -0.25) is 0 Å². The van der Waals surface area contributed by atoms with Crippen LogP contribution in [0.4, 0.5) is 0 Å². The van der Waals surface area contributed by atoms with Gasteiger partial charge >= 0.3 is 0 Å². The summed E-state index contributed by atoms with van der Waals surface area (Å²) in [6.45, 7) is 12.6. The summed E-state index contributed by atoms with van der Waals surface area (Å²) in [5.41, 5.74) is 0.00635. The van der Waals surface area contributed by atoms with E-state index in [1.165, 1.54) is 19.3 Å². The molecule has 2 N–H and O–H groups in total. The van der Waals surface area contributed by atoms with Crippen LogP contribution in [-0.2, 0) is 0 Å². The van der Waals surface area contributed by atoms with Crippen molar-refractivity contribution >= 4 is 0 Å². The molecule has 2 unspecified atom stereocenters. The maximum Gasteiger partial charge on any atom is 0.0616 e. The number of nitrogens with zero attached hydrogens (tertiary/aromatic N) is 1. The summed E-state index contributed by atoms with van der Waals surface area (Å²) in [5.74, 6) is 0.636. The highest BCUT2D eigenvalue weighted by Crippen LogP contribution is 2.37. The smallest absolute Gasteiger partial charge is 0.0616 e. The molecule has 114 valence electrons. The molecule has 1 saturated carbocycles. The van der Waals surface area contributed by atoms with Gasteiger partial charge in [0.2, 0.25) is 0 Å². The Morgan fingerprint density at radius 3 is 2.63 bits per heavy atom. The van der Waals surface area contributed by atoms with Gasteiger partial charge in [0.15, 0.2) is 0 Å². The Morgan fingerprint density at radius 1 is 1.37 bits per heavy atom. The average molecular weight is 270 g/mol. The lowest BCUT2D eigenvalue weighted by atomic mass is 9.85. The topological polar surface area (TPSA) is 35.5 Å². The minimum absolute atomic E-state index is 0.00635. The molecular weight excluding hydrogens is 236 g/mol. The van der Waals surface area contributed by atoms with Crippen LogP contribution in [0.25, 0.3) is 0 Å². The molecule has 0 bridgehead atoms. The molecule has 0 heterocycles. The van der Waals surface area contributed by atoms with E-state index < -0.39 is 0 Å². The Kier molecular flexibility index (Phi) is 7.33. The largest absolute Gasteiger partial charge is 0.394 e. The molecule has 1 aliphatic carbocycles. The average Bonchev–Trinajstić information content (AvgIpc) is 2.80. The zero-order valence-corrected chi connectivity index (χ0v) is 13.4. The molecule has 0 spiro atoms. The number of nitrogens with one attached hydrogen (secondary N) is 1. The van der Waals surface area contributed by atoms with Crippen LogP contribution in [0.3, 0.4) is 0 Å². The van der Waals surface area contributed by atoms with Gasteiger partial charge in [-0.2, -0.15) is 0 Å². The minimum atomic E-state index is 0.00635. The molecule has 3 nitrogen and oxygen atoms in total. The summed E-state index contributed by atoms with van der Waals surface area (Å²) >= 11 is 0. The second kappa shape index (κ2) is 8.23. The Labute approximate surface area is 119 Å². The van der Waals surface area contributed by atoms with Crippen LogP contribution >= 0.6 is 0 Å². The fraction of sp³-hybridized carbons (Fsp3) is 1.00. The van der Waals surface area contributed by atoms with Crippen molar-refractivity contribution in [1.82, 2.24) is 10.2 Å². The summed E-state index contributed by atoms with van der Waals surface area (Å²) in [7, 11) is 0. The van der Waals surface area contributed by atoms with Gasteiger partial charge in [-0.25, -0.2) is 0 Å². The van der Waals surface area contributed by atoms with E-state index >= 15 is 0 Å². The highest BCUT2D eigenvalue weighted by Gasteiger charge is 2.41. The zero-order valence-electron chi connectivity index (χ0n) is 13.4. The van der Waals surface area contributed by atoms with Crippen LogP contribution in [-0.4, -0.2) is 47.8 Å². The Morgan fingerprint density at radius 2 is 2.11 bits per heavy atom. The molecule has 0 aromatic carbocycles. The first-order chi connectivity index (χ1) is 9.09. The Balaban J connectivity index is 2.54. The molecule has 0 aromatic heterocycles. The van der Waals surface area contributed by atoms with E-state index in [9.17, 15) is 5.11 Å². The van der Waals surface area contributed by atoms with Crippen LogP contribution < -0.4 is 5.32 Å². The van der Waals surface area contributed by atoms with Crippen molar-refractivity contribution in [2.24, 2.45) is 5.92 Å². The molecule has 19 heavy (non-hydrogen) atoms. The summed E-state index contributed by atoms with van der Waals surface area (Å²) in [5, 5.41) is 13.5. The lowest BCUT2D eigenvalue weighted by Crippen LogP contribution is -2.52. The fourth-order valence-electron chi connectivity index (χ4n) is 3.54. The molecule has 1 fully saturated rings. The molecule has 0 radical (unpaired) electrons. The van der Waals surface area contributed by atoms with Gasteiger partial charge in [-0.1, -0.05) is 20.3 Å². The summed E-state index contributed by atoms with van der Waals surface area (Å²) in [4.78, 5) is 2.53. The van der Waals surface area contributed by atoms with Crippen LogP contribution in [0.1, 0.15) is 59.8 Å². The number of aliphatic hydroxyl groups is 1. The van der Waals surface area contributed by atoms with Crippen molar-refractivity contribution in [3.05, 3.63) is 0 Å². The number of rotatable bonds is 9. The third-order valence-corrected chi connectivity index (χ3v) is 4.87. The van der Waals surface area contributed by atoms with E-state index in [1.807, 2.05) is 0 Å². The van der Waals surface area contributed by atoms with E-state index in [2.05, 4.69) is 37.9 Å². The van der Waals surface area contributed by atoms with Crippen LogP contribution in [0.2, 0.25) is 0 Å². The molecular formula is C16H34N2O. The summed E-state index contributed by atoms with van der Waals surface area (Å²) in [6.07, 6.45) is 6.02. The maximum absolute atomic E-state index is 9.87. The lowest BCUT2D eigenvalue weighted by Gasteiger charge is -2.37. The maximum atomic E-state index is 9.87. The zero-order chi connectivity index (χ0) is 14.3. The van der Waals surface area contributed by atoms with E-state index in [1.54, 1.807) is 0 Å². The summed E-state index contributed by atoms with van der Waals surface area (Å²) < 4.78 is 0. The Hall–Kier alpha value is -0.120. The molecule has 0 amide bonds. The third-order valence-electron chi connectivity index (χ3n) is 4.87. The first-order valence-electron chi connectivity index (χ1n) is 8.19. The quantitative estimate of drug-likeness (QED) is 0.676. The van der Waals surface area contributed by atoms with Crippen molar-refractivity contribution in [3.8, 4) is 0 Å². The van der Waals surface area contributed by atoms with Crippen LogP contribution in [0.5, 0.6) is 0 Å². The van der Waals surface area contributed by atoms with Crippen molar-refractivity contribution in [2.75, 3.05) is 26.2 Å². The molecule has 1 aliphatic rings. The second-order valence-electron chi connectivity index (χ2n) is 6.34. The molecule has 0 saturated heterocycles. The van der Waals surface area contributed by atoms with Gasteiger partial charge in [0, 0.05) is 11.6 Å². The number of aliphatic hydroxyl groups excluding tert-OH is 1. The fourth-order valence-corrected chi connectivity index (χ4v) is 3.54. The second-order valence-corrected chi connectivity index (χ2v) is 6.34. The number of hydrogen-bond donors (Lipinski definition) is 2. The standard InChI is InChI=1S/C16H34N2O/c1-5-11-17-16(13-19)10-7-8-15(16)9-12-18(6-2)14(3)4/h14-15,17,19H,5-13H2,1-4H3. The van der Waals surface area contributed by atoms with E-state index in [0.717, 1.165) is 32.5 Å². The lowest BCUT2D eigenvalue weighted by molar-refractivity contribution is 0.108. The van der Waals surface area contributed by atoms with Gasteiger partial charge in [-0.05, 0) is 65.1 Å². The predicted molar refractivity (Wildman–Crippen MR) is 82.5 cm³/mol. The van der Waals surface area contributed by atoms with Gasteiger partial charge in [0.05, 0.1) is 6.61 Å². The molecule has 0 aromatic rings. The molecule has 1 rings (SSSR count). The molecule has 0 aliphatic heterocycles. The van der Waals surface area contributed by atoms with Crippen molar-refractivity contribution in [2.45, 2.75) is 71.4 Å². The first-order valence-corrected chi connectivity index (χ1v) is 8.19. The van der Waals surface area contributed by atoms with Crippen molar-refractivity contribution < 1.29 is 5.11 Å². The van der Waals surface area contributed by atoms with Gasteiger partial charge in [0.25, 0.3) is 0 Å². The highest BCUT2D eigenvalue weighted by atomic mass is 16.3. The third kappa shape index (κ3) is 4.44. The normalized spacial score (nSPS) is 27.6. The van der Waals surface area contributed by atoms with E-state index in [0.29, 0.717) is 18.6 Å². The first kappa shape index (κ1) is 16.9. The minimum Gasteiger partial charge on any atom is -0.394 e. The highest BCUT2D eigenvalue weighted by molar-refractivity contribution is 4.99. The molecule has 3 heteroatoms. The monoisotopic (exact) mass is 270 g/mol. The van der Waals surface area contributed by atoms with Gasteiger partial charge in [0.1, 0.15) is 0 Å². The molecule has 2 atom stereocenters. The van der Waals surface area contributed by atoms with Crippen molar-refractivity contribution in [3.63, 3.8) is 0 Å². The predicted octanol–water partition coefficient (Wildman–Crippen LogP) is 2.64. The summed E-state index contributed by atoms with van der Waals surface area (Å²) in [6, 6.07) is 0.624. The van der Waals surface area contributed by atoms with E-state index in [-0.39, 0.29) is 5.54 Å². The van der Waals surface area contributed by atoms with Crippen LogP contribution in [0.15, 0.2) is 0 Å². The SMILES string of the molecule is CCCNC1(CO)CCCC1CCN(CC)C(C)C. The number of hydrogen-bond acceptors (Lipinski definition) is 3. The van der Waals surface area contributed by atoms with Crippen molar-refractivity contribution in [1.29, 1.82) is 0 Å².